The van der Waals surface area contributed by atoms with Gasteiger partial charge in [0.05, 0.1) is 19.8 Å². The third-order valence-corrected chi connectivity index (χ3v) is 4.76. The molecule has 0 radical (unpaired) electrons. The van der Waals surface area contributed by atoms with Crippen molar-refractivity contribution < 1.29 is 14.3 Å². The molecule has 0 N–H and O–H groups in total. The highest BCUT2D eigenvalue weighted by Gasteiger charge is 2.51. The van der Waals surface area contributed by atoms with Gasteiger partial charge < -0.3 is 9.47 Å². The Morgan fingerprint density at radius 1 is 1.05 bits per heavy atom. The standard InChI is InChI=1S/C14H24N2O3/c17-13-14(4-10-19-13)3-1-6-16(14)7-2-5-15-8-11-18-12-9-15/h1-12H2. The van der Waals surface area contributed by atoms with Crippen LogP contribution in [-0.2, 0) is 14.3 Å². The zero-order chi connectivity index (χ0) is 13.1. The number of cyclic esters (lactones) is 1. The molecule has 1 unspecified atom stereocenters. The van der Waals surface area contributed by atoms with E-state index in [-0.39, 0.29) is 11.5 Å². The van der Waals surface area contributed by atoms with Crippen LogP contribution in [0.25, 0.3) is 0 Å². The molecule has 19 heavy (non-hydrogen) atoms. The van der Waals surface area contributed by atoms with Crippen molar-refractivity contribution in [1.29, 1.82) is 0 Å². The molecule has 3 fully saturated rings. The van der Waals surface area contributed by atoms with Gasteiger partial charge in [0.1, 0.15) is 5.54 Å². The van der Waals surface area contributed by atoms with Crippen molar-refractivity contribution in [3.8, 4) is 0 Å². The summed E-state index contributed by atoms with van der Waals surface area (Å²) in [5.74, 6) is 0.0244. The molecule has 5 nitrogen and oxygen atoms in total. The Bertz CT molecular complexity index is 327. The van der Waals surface area contributed by atoms with Gasteiger partial charge in [0, 0.05) is 26.1 Å². The lowest BCUT2D eigenvalue weighted by molar-refractivity contribution is -0.146. The van der Waals surface area contributed by atoms with E-state index in [1.54, 1.807) is 0 Å². The summed E-state index contributed by atoms with van der Waals surface area (Å²) < 4.78 is 10.6. The average molecular weight is 268 g/mol. The van der Waals surface area contributed by atoms with Crippen molar-refractivity contribution in [2.75, 3.05) is 52.5 Å². The Morgan fingerprint density at radius 2 is 1.89 bits per heavy atom. The summed E-state index contributed by atoms with van der Waals surface area (Å²) in [6, 6.07) is 0. The van der Waals surface area contributed by atoms with Gasteiger partial charge >= 0.3 is 5.97 Å². The zero-order valence-electron chi connectivity index (χ0n) is 11.6. The summed E-state index contributed by atoms with van der Waals surface area (Å²) >= 11 is 0. The molecular formula is C14H24N2O3. The van der Waals surface area contributed by atoms with E-state index in [1.165, 1.54) is 0 Å². The van der Waals surface area contributed by atoms with Gasteiger partial charge in [-0.05, 0) is 32.4 Å². The summed E-state index contributed by atoms with van der Waals surface area (Å²) in [4.78, 5) is 16.8. The number of rotatable bonds is 4. The van der Waals surface area contributed by atoms with Gasteiger partial charge in [-0.25, -0.2) is 0 Å². The fourth-order valence-corrected chi connectivity index (χ4v) is 3.63. The maximum Gasteiger partial charge on any atom is 0.326 e. The summed E-state index contributed by atoms with van der Waals surface area (Å²) in [6.45, 7) is 7.62. The molecular weight excluding hydrogens is 244 g/mol. The second kappa shape index (κ2) is 5.77. The molecule has 0 aromatic rings. The number of nitrogens with zero attached hydrogens (tertiary/aromatic N) is 2. The highest BCUT2D eigenvalue weighted by Crippen LogP contribution is 2.37. The van der Waals surface area contributed by atoms with E-state index >= 15 is 0 Å². The Balaban J connectivity index is 1.48. The largest absolute Gasteiger partial charge is 0.464 e. The molecule has 3 aliphatic rings. The lowest BCUT2D eigenvalue weighted by Gasteiger charge is -2.32. The topological polar surface area (TPSA) is 42.0 Å². The smallest absolute Gasteiger partial charge is 0.326 e. The Labute approximate surface area is 114 Å². The molecule has 0 saturated carbocycles. The fourth-order valence-electron chi connectivity index (χ4n) is 3.63. The maximum atomic E-state index is 12.0. The first-order valence-electron chi connectivity index (χ1n) is 7.54. The van der Waals surface area contributed by atoms with Crippen LogP contribution in [0.3, 0.4) is 0 Å². The van der Waals surface area contributed by atoms with Crippen molar-refractivity contribution >= 4 is 5.97 Å². The number of likely N-dealkylation sites (tertiary alicyclic amines) is 1. The van der Waals surface area contributed by atoms with E-state index in [9.17, 15) is 4.79 Å². The minimum atomic E-state index is -0.259. The van der Waals surface area contributed by atoms with Crippen molar-refractivity contribution in [1.82, 2.24) is 9.80 Å². The molecule has 1 atom stereocenters. The summed E-state index contributed by atoms with van der Waals surface area (Å²) in [7, 11) is 0. The molecule has 0 amide bonds. The number of ether oxygens (including phenoxy) is 2. The maximum absolute atomic E-state index is 12.0. The van der Waals surface area contributed by atoms with Crippen LogP contribution in [0.1, 0.15) is 25.7 Å². The lowest BCUT2D eigenvalue weighted by Crippen LogP contribution is -2.48. The first-order chi connectivity index (χ1) is 9.31. The van der Waals surface area contributed by atoms with Gasteiger partial charge in [0.15, 0.2) is 0 Å². The molecule has 0 aromatic carbocycles. The van der Waals surface area contributed by atoms with Gasteiger partial charge in [0.25, 0.3) is 0 Å². The minimum absolute atomic E-state index is 0.0244. The number of esters is 1. The predicted octanol–water partition coefficient (Wildman–Crippen LogP) is 0.490. The molecule has 3 aliphatic heterocycles. The molecule has 3 rings (SSSR count). The summed E-state index contributed by atoms with van der Waals surface area (Å²) in [5.41, 5.74) is -0.259. The number of hydrogen-bond donors (Lipinski definition) is 0. The van der Waals surface area contributed by atoms with Crippen molar-refractivity contribution in [2.45, 2.75) is 31.2 Å². The van der Waals surface area contributed by atoms with E-state index in [4.69, 9.17) is 9.47 Å². The quantitative estimate of drug-likeness (QED) is 0.694. The van der Waals surface area contributed by atoms with Crippen LogP contribution in [0.2, 0.25) is 0 Å². The van der Waals surface area contributed by atoms with Gasteiger partial charge in [-0.3, -0.25) is 14.6 Å². The predicted molar refractivity (Wildman–Crippen MR) is 71.0 cm³/mol. The zero-order valence-corrected chi connectivity index (χ0v) is 11.6. The highest BCUT2D eigenvalue weighted by molar-refractivity contribution is 5.83. The summed E-state index contributed by atoms with van der Waals surface area (Å²) in [5, 5.41) is 0. The number of hydrogen-bond acceptors (Lipinski definition) is 5. The molecule has 3 saturated heterocycles. The number of carbonyl (C=O) groups is 1. The van der Waals surface area contributed by atoms with Crippen LogP contribution >= 0.6 is 0 Å². The average Bonchev–Trinajstić information content (AvgIpc) is 3.00. The SMILES string of the molecule is O=C1OCCC12CCCN2CCCN1CCOCC1. The van der Waals surface area contributed by atoms with Crippen molar-refractivity contribution in [2.24, 2.45) is 0 Å². The Hall–Kier alpha value is -0.650. The highest BCUT2D eigenvalue weighted by atomic mass is 16.5. The first-order valence-corrected chi connectivity index (χ1v) is 7.54. The van der Waals surface area contributed by atoms with Crippen LogP contribution < -0.4 is 0 Å². The second-order valence-electron chi connectivity index (χ2n) is 5.82. The fraction of sp³-hybridized carbons (Fsp3) is 0.929. The van der Waals surface area contributed by atoms with Gasteiger partial charge in [-0.2, -0.15) is 0 Å². The van der Waals surface area contributed by atoms with E-state index in [0.29, 0.717) is 6.61 Å². The third kappa shape index (κ3) is 2.64. The Morgan fingerprint density at radius 3 is 2.63 bits per heavy atom. The Kier molecular flexibility index (Phi) is 4.05. The number of carbonyl (C=O) groups excluding carboxylic acids is 1. The monoisotopic (exact) mass is 268 g/mol. The van der Waals surface area contributed by atoms with Crippen molar-refractivity contribution in [3.63, 3.8) is 0 Å². The molecule has 108 valence electrons. The van der Waals surface area contributed by atoms with E-state index in [0.717, 1.165) is 71.6 Å². The molecule has 0 bridgehead atoms. The van der Waals surface area contributed by atoms with Crippen molar-refractivity contribution in [3.05, 3.63) is 0 Å². The van der Waals surface area contributed by atoms with E-state index in [1.807, 2.05) is 0 Å². The van der Waals surface area contributed by atoms with Crippen LogP contribution in [0.4, 0.5) is 0 Å². The molecule has 5 heteroatoms. The molecule has 1 spiro atoms. The van der Waals surface area contributed by atoms with Gasteiger partial charge in [-0.1, -0.05) is 0 Å². The van der Waals surface area contributed by atoms with Crippen LogP contribution in [-0.4, -0.2) is 73.9 Å². The first kappa shape index (κ1) is 13.3. The lowest BCUT2D eigenvalue weighted by atomic mass is 9.94. The van der Waals surface area contributed by atoms with Crippen LogP contribution in [0.5, 0.6) is 0 Å². The normalized spacial score (nSPS) is 33.2. The third-order valence-electron chi connectivity index (χ3n) is 4.76. The number of morpholine rings is 1. The van der Waals surface area contributed by atoms with Crippen LogP contribution in [0.15, 0.2) is 0 Å². The molecule has 0 aliphatic carbocycles. The van der Waals surface area contributed by atoms with Gasteiger partial charge in [0.2, 0.25) is 0 Å². The second-order valence-corrected chi connectivity index (χ2v) is 5.82. The van der Waals surface area contributed by atoms with Crippen LogP contribution in [0, 0.1) is 0 Å². The minimum Gasteiger partial charge on any atom is -0.464 e. The molecule has 3 heterocycles. The van der Waals surface area contributed by atoms with Gasteiger partial charge in [-0.15, -0.1) is 0 Å². The van der Waals surface area contributed by atoms with E-state index < -0.39 is 0 Å². The summed E-state index contributed by atoms with van der Waals surface area (Å²) in [6.07, 6.45) is 4.15. The molecule has 0 aromatic heterocycles. The van der Waals surface area contributed by atoms with E-state index in [2.05, 4.69) is 9.80 Å².